The number of carbonyl (C=O) groups is 1. The van der Waals surface area contributed by atoms with E-state index in [1.165, 1.54) is 41.2 Å². The van der Waals surface area contributed by atoms with Gasteiger partial charge in [-0.05, 0) is 38.5 Å². The number of nitrogens with one attached hydrogen (secondary N) is 1. The van der Waals surface area contributed by atoms with E-state index in [0.29, 0.717) is 57.4 Å². The third-order valence-electron chi connectivity index (χ3n) is 6.55. The minimum absolute atomic E-state index is 0.0235. The van der Waals surface area contributed by atoms with E-state index in [4.69, 9.17) is 16.3 Å². The second-order valence-electron chi connectivity index (χ2n) is 9.05. The average Bonchev–Trinajstić information content (AvgIpc) is 3.52. The highest BCUT2D eigenvalue weighted by molar-refractivity contribution is 7.90. The third kappa shape index (κ3) is 6.06. The molecule has 2 aromatic rings. The molecule has 2 aromatic heterocycles. The lowest BCUT2D eigenvalue weighted by Crippen LogP contribution is -2.40. The summed E-state index contributed by atoms with van der Waals surface area (Å²) in [6, 6.07) is -0.0464. The number of halogens is 1. The molecular weight excluding hydrogens is 510 g/mol. The molecule has 2 aliphatic rings. The molecule has 36 heavy (non-hydrogen) atoms. The van der Waals surface area contributed by atoms with Crippen LogP contribution in [0.3, 0.4) is 0 Å². The Balaban J connectivity index is 1.22. The van der Waals surface area contributed by atoms with Gasteiger partial charge >= 0.3 is 6.09 Å². The maximum absolute atomic E-state index is 12.4. The first-order valence-corrected chi connectivity index (χ1v) is 13.7. The number of anilines is 1. The Morgan fingerprint density at radius 2 is 2.00 bits per heavy atom. The van der Waals surface area contributed by atoms with Crippen LogP contribution in [0, 0.1) is 5.92 Å². The smallest absolute Gasteiger partial charge is 0.407 e. The monoisotopic (exact) mass is 539 g/mol. The maximum atomic E-state index is 12.4. The van der Waals surface area contributed by atoms with Crippen molar-refractivity contribution in [2.24, 2.45) is 17.4 Å². The van der Waals surface area contributed by atoms with Crippen molar-refractivity contribution in [3.8, 4) is 0 Å². The lowest BCUT2D eigenvalue weighted by Gasteiger charge is -2.27. The second kappa shape index (κ2) is 11.0. The number of ether oxygens (including phenoxy) is 1. The lowest BCUT2D eigenvalue weighted by atomic mass is 9.87. The minimum atomic E-state index is -3.77. The first-order chi connectivity index (χ1) is 17.2. The third-order valence-corrected chi connectivity index (χ3v) is 8.12. The summed E-state index contributed by atoms with van der Waals surface area (Å²) in [5.74, 6) is 0.0235. The Morgan fingerprint density at radius 1 is 1.25 bits per heavy atom. The van der Waals surface area contributed by atoms with E-state index in [1.54, 1.807) is 0 Å². The van der Waals surface area contributed by atoms with Crippen molar-refractivity contribution in [3.05, 3.63) is 34.0 Å². The molecule has 0 unspecified atom stereocenters. The minimum Gasteiger partial charge on any atom is -0.444 e. The fraction of sp³-hybridized carbons (Fsp3) is 0.591. The molecule has 0 aromatic carbocycles. The van der Waals surface area contributed by atoms with Gasteiger partial charge in [-0.3, -0.25) is 9.48 Å². The van der Waals surface area contributed by atoms with Gasteiger partial charge in [-0.25, -0.2) is 9.48 Å². The molecule has 2 fully saturated rings. The van der Waals surface area contributed by atoms with Crippen molar-refractivity contribution in [2.45, 2.75) is 62.6 Å². The van der Waals surface area contributed by atoms with Gasteiger partial charge in [0.25, 0.3) is 15.6 Å². The van der Waals surface area contributed by atoms with Crippen LogP contribution < -0.4 is 15.8 Å². The molecule has 1 amide bonds. The van der Waals surface area contributed by atoms with Crippen LogP contribution >= 0.6 is 11.6 Å². The van der Waals surface area contributed by atoms with Crippen LogP contribution in [-0.2, 0) is 28.4 Å². The van der Waals surface area contributed by atoms with Gasteiger partial charge in [-0.2, -0.15) is 23.0 Å². The van der Waals surface area contributed by atoms with Gasteiger partial charge in [-0.15, -0.1) is 0 Å². The van der Waals surface area contributed by atoms with E-state index in [0.717, 1.165) is 0 Å². The van der Waals surface area contributed by atoms with E-state index in [-0.39, 0.29) is 33.5 Å². The van der Waals surface area contributed by atoms with Crippen LogP contribution in [0.2, 0.25) is 5.02 Å². The molecule has 0 spiro atoms. The van der Waals surface area contributed by atoms with Crippen LogP contribution in [0.1, 0.15) is 39.0 Å². The molecule has 1 aliphatic carbocycles. The molecule has 196 valence electrons. The number of aromatic nitrogens is 4. The Hall–Kier alpha value is -2.93. The number of hydrogen-bond donors (Lipinski definition) is 1. The summed E-state index contributed by atoms with van der Waals surface area (Å²) < 4.78 is 36.9. The number of sulfonamides is 1. The molecular formula is C22H30ClN7O5S. The molecule has 1 aliphatic heterocycles. The molecule has 1 N–H and O–H groups in total. The van der Waals surface area contributed by atoms with Crippen molar-refractivity contribution < 1.29 is 17.9 Å². The van der Waals surface area contributed by atoms with E-state index >= 15 is 0 Å². The highest BCUT2D eigenvalue weighted by Crippen LogP contribution is 2.27. The highest BCUT2D eigenvalue weighted by atomic mass is 35.5. The Labute approximate surface area is 214 Å². The summed E-state index contributed by atoms with van der Waals surface area (Å²) >= 11 is 6.18. The summed E-state index contributed by atoms with van der Waals surface area (Å²) in [5.41, 5.74) is 0.162. The molecule has 0 radical (unpaired) electrons. The van der Waals surface area contributed by atoms with Gasteiger partial charge in [-0.1, -0.05) is 11.6 Å². The Kier molecular flexibility index (Phi) is 7.98. The number of rotatable bonds is 7. The second-order valence-corrected chi connectivity index (χ2v) is 11.1. The van der Waals surface area contributed by atoms with Gasteiger partial charge in [0.1, 0.15) is 16.0 Å². The van der Waals surface area contributed by atoms with Crippen molar-refractivity contribution in [1.82, 2.24) is 24.9 Å². The Bertz CT molecular complexity index is 1280. The summed E-state index contributed by atoms with van der Waals surface area (Å²) in [7, 11) is -2.23. The van der Waals surface area contributed by atoms with Crippen molar-refractivity contribution >= 4 is 39.6 Å². The van der Waals surface area contributed by atoms with E-state index < -0.39 is 16.1 Å². The van der Waals surface area contributed by atoms with Gasteiger partial charge in [0.2, 0.25) is 0 Å². The summed E-state index contributed by atoms with van der Waals surface area (Å²) in [6.07, 6.45) is 8.44. The summed E-state index contributed by atoms with van der Waals surface area (Å²) in [5, 5.41) is 11.0. The first-order valence-electron chi connectivity index (χ1n) is 11.9. The number of amides is 1. The number of aryl methyl sites for hydroxylation is 2. The molecule has 14 heteroatoms. The zero-order chi connectivity index (χ0) is 25.9. The molecule has 1 saturated carbocycles. The number of hydrogen-bond acceptors (Lipinski definition) is 8. The zero-order valence-corrected chi connectivity index (χ0v) is 21.8. The molecule has 0 bridgehead atoms. The van der Waals surface area contributed by atoms with Crippen LogP contribution in [-0.4, -0.2) is 65.5 Å². The summed E-state index contributed by atoms with van der Waals surface area (Å²) in [6.45, 7) is 3.48. The van der Waals surface area contributed by atoms with E-state index in [9.17, 15) is 18.0 Å². The van der Waals surface area contributed by atoms with E-state index in [1.807, 2.05) is 11.8 Å². The zero-order valence-electron chi connectivity index (χ0n) is 20.2. The first kappa shape index (κ1) is 26.1. The van der Waals surface area contributed by atoms with Gasteiger partial charge in [0.05, 0.1) is 24.6 Å². The molecule has 4 rings (SSSR count). The van der Waals surface area contributed by atoms with Crippen molar-refractivity contribution in [1.29, 1.82) is 0 Å². The molecule has 12 nitrogen and oxygen atoms in total. The predicted octanol–water partition coefficient (Wildman–Crippen LogP) is 1.97. The topological polar surface area (TPSA) is 141 Å². The fourth-order valence-corrected chi connectivity index (χ4v) is 5.59. The van der Waals surface area contributed by atoms with Crippen molar-refractivity contribution in [3.63, 3.8) is 0 Å². The highest BCUT2D eigenvalue weighted by Gasteiger charge is 2.29. The number of nitrogens with zero attached hydrogens (tertiary/aromatic N) is 6. The average molecular weight is 540 g/mol. The fourth-order valence-electron chi connectivity index (χ4n) is 4.41. The van der Waals surface area contributed by atoms with Crippen LogP contribution in [0.4, 0.5) is 10.5 Å². The quantitative estimate of drug-likeness (QED) is 0.526. The number of carbonyl (C=O) groups excluding carboxylic acids is 1. The predicted molar refractivity (Wildman–Crippen MR) is 134 cm³/mol. The standard InChI is InChI=1S/C22H30ClN7O5S/c1-3-30-14-18(11-25-30)36(33,34)26-10-15-4-6-16(7-5-15)27-22(32)35-17-8-9-29(13-17)19-12-24-28(2)21(31)20(19)23/h10-12,14-17H,3-9,13H2,1-2H3,(H,27,32)/t15?,16?,17-/m1/s1. The SMILES string of the molecule is CCn1cc(S(=O)(=O)N=CC2CCC(NC(=O)O[C@@H]3CCN(c4cnn(C)c(=O)c4Cl)C3)CC2)cn1. The number of alkyl carbamates (subject to hydrolysis) is 1. The summed E-state index contributed by atoms with van der Waals surface area (Å²) in [4.78, 5) is 26.4. The molecule has 1 saturated heterocycles. The Morgan fingerprint density at radius 3 is 2.69 bits per heavy atom. The largest absolute Gasteiger partial charge is 0.444 e. The lowest BCUT2D eigenvalue weighted by molar-refractivity contribution is 0.102. The van der Waals surface area contributed by atoms with Gasteiger partial charge < -0.3 is 15.0 Å². The molecule has 1 atom stereocenters. The van der Waals surface area contributed by atoms with Crippen molar-refractivity contribution in [2.75, 3.05) is 18.0 Å². The van der Waals surface area contributed by atoms with Crippen LogP contribution in [0.25, 0.3) is 0 Å². The van der Waals surface area contributed by atoms with Gasteiger partial charge in [0.15, 0.2) is 0 Å². The normalized spacial score (nSPS) is 22.8. The van der Waals surface area contributed by atoms with Crippen LogP contribution in [0.5, 0.6) is 0 Å². The van der Waals surface area contributed by atoms with Crippen LogP contribution in [0.15, 0.2) is 32.7 Å². The maximum Gasteiger partial charge on any atom is 0.407 e. The molecule has 3 heterocycles. The van der Waals surface area contributed by atoms with E-state index in [2.05, 4.69) is 19.9 Å². The van der Waals surface area contributed by atoms with Gasteiger partial charge in [0, 0.05) is 45.0 Å².